The molecule has 0 atom stereocenters. The van der Waals surface area contributed by atoms with Gasteiger partial charge in [0.2, 0.25) is 0 Å². The fourth-order valence-electron chi connectivity index (χ4n) is 6.74. The molecule has 0 saturated carbocycles. The zero-order valence-electron chi connectivity index (χ0n) is 26.6. The van der Waals surface area contributed by atoms with Gasteiger partial charge in [0.15, 0.2) is 17.5 Å². The Hall–Kier alpha value is -6.50. The first-order valence-corrected chi connectivity index (χ1v) is 17.3. The second-order valence-electron chi connectivity index (χ2n) is 12.3. The summed E-state index contributed by atoms with van der Waals surface area (Å²) in [6, 6.07) is 54.1. The minimum Gasteiger partial charge on any atom is -0.455 e. The zero-order valence-corrected chi connectivity index (χ0v) is 27.4. The van der Waals surface area contributed by atoms with Gasteiger partial charge in [-0.25, -0.2) is 19.9 Å². The number of fused-ring (bicyclic) bond motifs is 5. The Morgan fingerprint density at radius 3 is 1.90 bits per heavy atom. The summed E-state index contributed by atoms with van der Waals surface area (Å²) < 4.78 is 7.75. The normalized spacial score (nSPS) is 11.6. The molecule has 0 bridgehead atoms. The summed E-state index contributed by atoms with van der Waals surface area (Å²) in [5, 5.41) is 5.45. The lowest BCUT2D eigenvalue weighted by atomic mass is 9.97. The molecule has 0 aliphatic heterocycles. The van der Waals surface area contributed by atoms with E-state index in [0.717, 1.165) is 65.0 Å². The Kier molecular flexibility index (Phi) is 6.60. The van der Waals surface area contributed by atoms with Crippen molar-refractivity contribution in [3.8, 4) is 55.9 Å². The number of rotatable bonds is 5. The second-order valence-corrected chi connectivity index (χ2v) is 13.3. The Labute approximate surface area is 291 Å². The van der Waals surface area contributed by atoms with Gasteiger partial charge in [-0.1, -0.05) is 133 Å². The van der Waals surface area contributed by atoms with E-state index in [0.29, 0.717) is 17.5 Å². The summed E-state index contributed by atoms with van der Waals surface area (Å²) in [5.74, 6) is 1.76. The third kappa shape index (κ3) is 4.85. The molecule has 0 aliphatic carbocycles. The van der Waals surface area contributed by atoms with Crippen LogP contribution >= 0.6 is 11.3 Å². The van der Waals surface area contributed by atoms with Crippen molar-refractivity contribution in [2.45, 2.75) is 0 Å². The summed E-state index contributed by atoms with van der Waals surface area (Å²) >= 11 is 1.69. The highest BCUT2D eigenvalue weighted by atomic mass is 32.1. The first-order valence-electron chi connectivity index (χ1n) is 16.5. The summed E-state index contributed by atoms with van der Waals surface area (Å²) in [5.41, 5.74) is 8.46. The predicted octanol–water partition coefficient (Wildman–Crippen LogP) is 11.9. The number of para-hydroxylation sites is 1. The van der Waals surface area contributed by atoms with E-state index < -0.39 is 0 Å². The Morgan fingerprint density at radius 2 is 1.04 bits per heavy atom. The van der Waals surface area contributed by atoms with Crippen LogP contribution in [-0.2, 0) is 0 Å². The van der Waals surface area contributed by atoms with E-state index in [1.54, 1.807) is 11.3 Å². The van der Waals surface area contributed by atoms with Gasteiger partial charge in [0.25, 0.3) is 0 Å². The molecule has 0 fully saturated rings. The highest BCUT2D eigenvalue weighted by molar-refractivity contribution is 7.21. The smallest absolute Gasteiger partial charge is 0.167 e. The number of thiazole rings is 1. The van der Waals surface area contributed by atoms with Crippen LogP contribution in [-0.4, -0.2) is 19.9 Å². The van der Waals surface area contributed by atoms with E-state index in [1.165, 1.54) is 16.3 Å². The number of nitrogens with zero attached hydrogens (tertiary/aromatic N) is 4. The van der Waals surface area contributed by atoms with E-state index >= 15 is 0 Å². The molecular formula is C44H26N4OS. The van der Waals surface area contributed by atoms with Crippen LogP contribution in [0.2, 0.25) is 0 Å². The van der Waals surface area contributed by atoms with Gasteiger partial charge in [0.1, 0.15) is 16.2 Å². The lowest BCUT2D eigenvalue weighted by molar-refractivity contribution is 0.670. The van der Waals surface area contributed by atoms with E-state index in [-0.39, 0.29) is 0 Å². The SMILES string of the molecule is c1ccc(-c2nc(-c3cccc(-c4cccc5ccccc45)c3)nc(-c3cccc4c3oc3cc5nc(-c6ccccc6)sc5cc34)n2)cc1. The van der Waals surface area contributed by atoms with Gasteiger partial charge < -0.3 is 4.42 Å². The monoisotopic (exact) mass is 658 g/mol. The highest BCUT2D eigenvalue weighted by Gasteiger charge is 2.19. The molecule has 0 N–H and O–H groups in total. The quantitative estimate of drug-likeness (QED) is 0.184. The molecular weight excluding hydrogens is 633 g/mol. The van der Waals surface area contributed by atoms with E-state index in [2.05, 4.69) is 91.0 Å². The standard InChI is InChI=1S/C44H26N4OS/c1-3-13-28(14-4-1)41-46-42(31-19-9-18-30(24-31)33-21-10-17-27-12-7-8-20-32(27)33)48-43(47-41)35-23-11-22-34-36-25-39-37(26-38(36)49-40(34)35)45-44(50-39)29-15-5-2-6-16-29/h1-26H. The van der Waals surface area contributed by atoms with Crippen molar-refractivity contribution in [3.05, 3.63) is 158 Å². The van der Waals surface area contributed by atoms with Crippen molar-refractivity contribution >= 4 is 54.3 Å². The highest BCUT2D eigenvalue weighted by Crippen LogP contribution is 2.40. The molecule has 10 aromatic rings. The van der Waals surface area contributed by atoms with Gasteiger partial charge >= 0.3 is 0 Å². The predicted molar refractivity (Wildman–Crippen MR) is 205 cm³/mol. The fraction of sp³-hybridized carbons (Fsp3) is 0. The molecule has 0 amide bonds. The first kappa shape index (κ1) is 28.5. The lowest BCUT2D eigenvalue weighted by Gasteiger charge is -2.11. The van der Waals surface area contributed by atoms with Crippen LogP contribution in [0.25, 0.3) is 98.8 Å². The average molecular weight is 659 g/mol. The molecule has 7 aromatic carbocycles. The van der Waals surface area contributed by atoms with Crippen molar-refractivity contribution in [2.75, 3.05) is 0 Å². The topological polar surface area (TPSA) is 64.7 Å². The Morgan fingerprint density at radius 1 is 0.420 bits per heavy atom. The molecule has 6 heteroatoms. The van der Waals surface area contributed by atoms with Gasteiger partial charge in [0, 0.05) is 33.5 Å². The number of hydrogen-bond acceptors (Lipinski definition) is 6. The van der Waals surface area contributed by atoms with Crippen LogP contribution in [0.5, 0.6) is 0 Å². The van der Waals surface area contributed by atoms with Gasteiger partial charge in [-0.05, 0) is 40.1 Å². The van der Waals surface area contributed by atoms with Gasteiger partial charge in [0.05, 0.1) is 15.8 Å². The van der Waals surface area contributed by atoms with Crippen molar-refractivity contribution in [1.82, 2.24) is 19.9 Å². The maximum Gasteiger partial charge on any atom is 0.167 e. The van der Waals surface area contributed by atoms with Crippen LogP contribution in [0.1, 0.15) is 0 Å². The Bertz CT molecular complexity index is 2870. The molecule has 5 nitrogen and oxygen atoms in total. The lowest BCUT2D eigenvalue weighted by Crippen LogP contribution is -2.00. The van der Waals surface area contributed by atoms with Crippen molar-refractivity contribution < 1.29 is 4.42 Å². The van der Waals surface area contributed by atoms with E-state index in [4.69, 9.17) is 24.4 Å². The molecule has 0 spiro atoms. The van der Waals surface area contributed by atoms with Crippen molar-refractivity contribution in [3.63, 3.8) is 0 Å². The second kappa shape index (κ2) is 11.6. The van der Waals surface area contributed by atoms with E-state index in [9.17, 15) is 0 Å². The maximum absolute atomic E-state index is 6.63. The molecule has 3 aromatic heterocycles. The number of furan rings is 1. The molecule has 0 saturated heterocycles. The molecule has 10 rings (SSSR count). The molecule has 3 heterocycles. The summed E-state index contributed by atoms with van der Waals surface area (Å²) in [4.78, 5) is 20.1. The van der Waals surface area contributed by atoms with Crippen molar-refractivity contribution in [1.29, 1.82) is 0 Å². The summed E-state index contributed by atoms with van der Waals surface area (Å²) in [7, 11) is 0. The van der Waals surface area contributed by atoms with Gasteiger partial charge in [-0.2, -0.15) is 0 Å². The third-order valence-electron chi connectivity index (χ3n) is 9.16. The number of hydrogen-bond donors (Lipinski definition) is 0. The maximum atomic E-state index is 6.63. The molecule has 0 aliphatic rings. The number of benzene rings is 7. The molecule has 50 heavy (non-hydrogen) atoms. The summed E-state index contributed by atoms with van der Waals surface area (Å²) in [6.07, 6.45) is 0. The minimum absolute atomic E-state index is 0.556. The van der Waals surface area contributed by atoms with E-state index in [1.807, 2.05) is 66.7 Å². The Balaban J connectivity index is 1.14. The van der Waals surface area contributed by atoms with Crippen LogP contribution in [0, 0.1) is 0 Å². The van der Waals surface area contributed by atoms with Crippen LogP contribution < -0.4 is 0 Å². The minimum atomic E-state index is 0.556. The largest absolute Gasteiger partial charge is 0.455 e. The molecule has 0 unspecified atom stereocenters. The zero-order chi connectivity index (χ0) is 33.0. The molecule has 0 radical (unpaired) electrons. The van der Waals surface area contributed by atoms with Crippen LogP contribution in [0.3, 0.4) is 0 Å². The molecule has 234 valence electrons. The van der Waals surface area contributed by atoms with Crippen LogP contribution in [0.15, 0.2) is 162 Å². The summed E-state index contributed by atoms with van der Waals surface area (Å²) in [6.45, 7) is 0. The average Bonchev–Trinajstić information content (AvgIpc) is 3.78. The number of aromatic nitrogens is 4. The van der Waals surface area contributed by atoms with Crippen LogP contribution in [0.4, 0.5) is 0 Å². The van der Waals surface area contributed by atoms with Gasteiger partial charge in [-0.15, -0.1) is 11.3 Å². The fourth-order valence-corrected chi connectivity index (χ4v) is 7.74. The third-order valence-corrected chi connectivity index (χ3v) is 10.2. The first-order chi connectivity index (χ1) is 24.7. The van der Waals surface area contributed by atoms with Gasteiger partial charge in [-0.3, -0.25) is 0 Å². The van der Waals surface area contributed by atoms with Crippen molar-refractivity contribution in [2.24, 2.45) is 0 Å².